The number of aromatic nitrogens is 2. The lowest BCUT2D eigenvalue weighted by atomic mass is 10.1. The number of amides is 2. The third-order valence-electron chi connectivity index (χ3n) is 2.38. The highest BCUT2D eigenvalue weighted by atomic mass is 35.5. The first-order chi connectivity index (χ1) is 9.29. The van der Waals surface area contributed by atoms with Gasteiger partial charge < -0.3 is 16.4 Å². The Labute approximate surface area is 126 Å². The number of carbonyl (C=O) groups excluding carboxylic acids is 2. The van der Waals surface area contributed by atoms with Crippen molar-refractivity contribution in [1.29, 1.82) is 0 Å². The third kappa shape index (κ3) is 5.28. The first-order valence-electron chi connectivity index (χ1n) is 5.83. The summed E-state index contributed by atoms with van der Waals surface area (Å²) in [6.07, 6.45) is 0. The summed E-state index contributed by atoms with van der Waals surface area (Å²) in [5.41, 5.74) is 5.64. The molecular formula is C11H15Cl2N5O2. The predicted octanol–water partition coefficient (Wildman–Crippen LogP) is 0.821. The molecule has 9 heteroatoms. The highest BCUT2D eigenvalue weighted by molar-refractivity contribution is 6.32. The molecule has 110 valence electrons. The second-order valence-electron chi connectivity index (χ2n) is 4.38. The highest BCUT2D eigenvalue weighted by Crippen LogP contribution is 2.13. The van der Waals surface area contributed by atoms with Crippen molar-refractivity contribution in [3.8, 4) is 0 Å². The standard InChI is InChI=1S/C11H15Cl2N5O2/c1-5(2)9(14)10(20)15-4-8(19)17-7-3-6(12)16-11(13)18-7/h3,5,9H,4,14H2,1-2H3,(H,15,20)(H,16,17,18,19)/t9-/m0/s1. The van der Waals surface area contributed by atoms with Crippen molar-refractivity contribution in [2.75, 3.05) is 11.9 Å². The summed E-state index contributed by atoms with van der Waals surface area (Å²) in [7, 11) is 0. The number of nitrogens with one attached hydrogen (secondary N) is 2. The SMILES string of the molecule is CC(C)[C@H](N)C(=O)NCC(=O)Nc1cc(Cl)nc(Cl)n1. The largest absolute Gasteiger partial charge is 0.346 e. The Morgan fingerprint density at radius 1 is 1.35 bits per heavy atom. The number of rotatable bonds is 5. The Balaban J connectivity index is 2.50. The van der Waals surface area contributed by atoms with E-state index in [2.05, 4.69) is 20.6 Å². The third-order valence-corrected chi connectivity index (χ3v) is 2.74. The van der Waals surface area contributed by atoms with Gasteiger partial charge in [0.05, 0.1) is 12.6 Å². The van der Waals surface area contributed by atoms with Gasteiger partial charge in [-0.05, 0) is 17.5 Å². The van der Waals surface area contributed by atoms with Gasteiger partial charge in [-0.3, -0.25) is 9.59 Å². The Bertz CT molecular complexity index is 489. The predicted molar refractivity (Wildman–Crippen MR) is 76.5 cm³/mol. The average molecular weight is 320 g/mol. The fraction of sp³-hybridized carbons (Fsp3) is 0.455. The summed E-state index contributed by atoms with van der Waals surface area (Å²) in [6, 6.07) is 0.679. The van der Waals surface area contributed by atoms with Gasteiger partial charge in [-0.25, -0.2) is 9.97 Å². The summed E-state index contributed by atoms with van der Waals surface area (Å²) in [5.74, 6) is -0.728. The second-order valence-corrected chi connectivity index (χ2v) is 5.11. The van der Waals surface area contributed by atoms with Gasteiger partial charge in [-0.1, -0.05) is 25.4 Å². The van der Waals surface area contributed by atoms with Crippen LogP contribution >= 0.6 is 23.2 Å². The van der Waals surface area contributed by atoms with Crippen molar-refractivity contribution in [3.05, 3.63) is 16.5 Å². The number of halogens is 2. The fourth-order valence-electron chi connectivity index (χ4n) is 1.23. The van der Waals surface area contributed by atoms with Crippen LogP contribution in [-0.2, 0) is 9.59 Å². The molecule has 1 heterocycles. The van der Waals surface area contributed by atoms with E-state index in [-0.39, 0.29) is 28.7 Å². The van der Waals surface area contributed by atoms with Crippen molar-refractivity contribution in [2.45, 2.75) is 19.9 Å². The zero-order chi connectivity index (χ0) is 15.3. The molecule has 1 rings (SSSR count). The number of hydrogen-bond donors (Lipinski definition) is 3. The van der Waals surface area contributed by atoms with E-state index < -0.39 is 17.9 Å². The highest BCUT2D eigenvalue weighted by Gasteiger charge is 2.17. The molecule has 0 aliphatic heterocycles. The van der Waals surface area contributed by atoms with E-state index in [1.807, 2.05) is 13.8 Å². The number of nitrogens with two attached hydrogens (primary N) is 1. The Morgan fingerprint density at radius 3 is 2.55 bits per heavy atom. The van der Waals surface area contributed by atoms with Crippen molar-refractivity contribution < 1.29 is 9.59 Å². The van der Waals surface area contributed by atoms with E-state index in [1.165, 1.54) is 6.07 Å². The van der Waals surface area contributed by atoms with Crippen molar-refractivity contribution in [2.24, 2.45) is 11.7 Å². The molecule has 0 aromatic carbocycles. The lowest BCUT2D eigenvalue weighted by molar-refractivity contribution is -0.125. The van der Waals surface area contributed by atoms with Crippen LogP contribution in [0.15, 0.2) is 6.07 Å². The summed E-state index contributed by atoms with van der Waals surface area (Å²) >= 11 is 11.3. The lowest BCUT2D eigenvalue weighted by Crippen LogP contribution is -2.46. The monoisotopic (exact) mass is 319 g/mol. The van der Waals surface area contributed by atoms with Gasteiger partial charge in [0.25, 0.3) is 0 Å². The first-order valence-corrected chi connectivity index (χ1v) is 6.58. The zero-order valence-electron chi connectivity index (χ0n) is 11.0. The fourth-order valence-corrected chi connectivity index (χ4v) is 1.64. The molecule has 0 fully saturated rings. The molecule has 20 heavy (non-hydrogen) atoms. The van der Waals surface area contributed by atoms with Crippen molar-refractivity contribution in [3.63, 3.8) is 0 Å². The molecule has 0 saturated carbocycles. The molecule has 1 aromatic heterocycles. The second kappa shape index (κ2) is 7.37. The minimum Gasteiger partial charge on any atom is -0.346 e. The maximum absolute atomic E-state index is 11.6. The molecule has 2 amide bonds. The molecule has 7 nitrogen and oxygen atoms in total. The van der Waals surface area contributed by atoms with E-state index >= 15 is 0 Å². The van der Waals surface area contributed by atoms with Crippen LogP contribution in [0.5, 0.6) is 0 Å². The van der Waals surface area contributed by atoms with E-state index in [0.29, 0.717) is 0 Å². The van der Waals surface area contributed by atoms with Gasteiger partial charge in [0.2, 0.25) is 17.1 Å². The molecule has 4 N–H and O–H groups in total. The summed E-state index contributed by atoms with van der Waals surface area (Å²) in [4.78, 5) is 30.6. The molecule has 0 spiro atoms. The number of nitrogens with zero attached hydrogens (tertiary/aromatic N) is 2. The van der Waals surface area contributed by atoms with Gasteiger partial charge in [0.15, 0.2) is 0 Å². The molecule has 0 bridgehead atoms. The smallest absolute Gasteiger partial charge is 0.244 e. The maximum Gasteiger partial charge on any atom is 0.244 e. The summed E-state index contributed by atoms with van der Waals surface area (Å²) in [6.45, 7) is 3.41. The quantitative estimate of drug-likeness (QED) is 0.549. The molecular weight excluding hydrogens is 305 g/mol. The molecule has 1 atom stereocenters. The van der Waals surface area contributed by atoms with E-state index in [9.17, 15) is 9.59 Å². The minimum atomic E-state index is -0.661. The van der Waals surface area contributed by atoms with Crippen LogP contribution in [0.4, 0.5) is 5.82 Å². The summed E-state index contributed by atoms with van der Waals surface area (Å²) in [5, 5.41) is 4.88. The van der Waals surface area contributed by atoms with Crippen LogP contribution in [0.3, 0.4) is 0 Å². The zero-order valence-corrected chi connectivity index (χ0v) is 12.5. The van der Waals surface area contributed by atoms with Crippen LogP contribution in [0.25, 0.3) is 0 Å². The molecule has 0 aliphatic rings. The normalized spacial score (nSPS) is 12.1. The average Bonchev–Trinajstić information content (AvgIpc) is 2.33. The summed E-state index contributed by atoms with van der Waals surface area (Å²) < 4.78 is 0. The number of hydrogen-bond acceptors (Lipinski definition) is 5. The number of anilines is 1. The number of carbonyl (C=O) groups is 2. The van der Waals surface area contributed by atoms with Crippen molar-refractivity contribution >= 4 is 40.8 Å². The van der Waals surface area contributed by atoms with E-state index in [1.54, 1.807) is 0 Å². The maximum atomic E-state index is 11.6. The molecule has 0 saturated heterocycles. The first kappa shape index (κ1) is 16.6. The van der Waals surface area contributed by atoms with Gasteiger partial charge in [0, 0.05) is 6.07 Å². The van der Waals surface area contributed by atoms with Crippen LogP contribution in [-0.4, -0.2) is 34.4 Å². The van der Waals surface area contributed by atoms with Gasteiger partial charge in [0.1, 0.15) is 11.0 Å². The van der Waals surface area contributed by atoms with Crippen LogP contribution < -0.4 is 16.4 Å². The van der Waals surface area contributed by atoms with Crippen LogP contribution in [0.2, 0.25) is 10.4 Å². The topological polar surface area (TPSA) is 110 Å². The van der Waals surface area contributed by atoms with Crippen LogP contribution in [0.1, 0.15) is 13.8 Å². The molecule has 0 aliphatic carbocycles. The Morgan fingerprint density at radius 2 is 2.00 bits per heavy atom. The van der Waals surface area contributed by atoms with Gasteiger partial charge in [-0.2, -0.15) is 0 Å². The van der Waals surface area contributed by atoms with E-state index in [4.69, 9.17) is 28.9 Å². The van der Waals surface area contributed by atoms with E-state index in [0.717, 1.165) is 0 Å². The Kier molecular flexibility index (Phi) is 6.12. The van der Waals surface area contributed by atoms with Gasteiger partial charge in [-0.15, -0.1) is 0 Å². The minimum absolute atomic E-state index is 0.0162. The van der Waals surface area contributed by atoms with Gasteiger partial charge >= 0.3 is 0 Å². The molecule has 0 unspecified atom stereocenters. The lowest BCUT2D eigenvalue weighted by Gasteiger charge is -2.15. The van der Waals surface area contributed by atoms with Crippen LogP contribution in [0, 0.1) is 5.92 Å². The Hall–Kier alpha value is -1.44. The molecule has 1 aromatic rings. The molecule has 0 radical (unpaired) electrons. The van der Waals surface area contributed by atoms with Crippen molar-refractivity contribution in [1.82, 2.24) is 15.3 Å².